The number of halogens is 1. The van der Waals surface area contributed by atoms with Crippen molar-refractivity contribution in [2.75, 3.05) is 5.32 Å². The van der Waals surface area contributed by atoms with Crippen LogP contribution in [0.5, 0.6) is 0 Å². The molecule has 1 N–H and O–H groups in total. The topological polar surface area (TPSA) is 72.7 Å². The predicted molar refractivity (Wildman–Crippen MR) is 107 cm³/mol. The Morgan fingerprint density at radius 1 is 1.30 bits per heavy atom. The quantitative estimate of drug-likeness (QED) is 0.619. The van der Waals surface area contributed by atoms with Crippen LogP contribution in [-0.4, -0.2) is 30.9 Å². The van der Waals surface area contributed by atoms with Crippen molar-refractivity contribution in [3.05, 3.63) is 40.7 Å². The minimum absolute atomic E-state index is 0.136. The van der Waals surface area contributed by atoms with Crippen LogP contribution in [0.3, 0.4) is 0 Å². The van der Waals surface area contributed by atoms with E-state index in [9.17, 15) is 9.18 Å². The summed E-state index contributed by atoms with van der Waals surface area (Å²) < 4.78 is 15.1. The molecule has 27 heavy (non-hydrogen) atoms. The number of rotatable bonds is 6. The molecule has 2 heterocycles. The van der Waals surface area contributed by atoms with Crippen LogP contribution in [0, 0.1) is 19.7 Å². The van der Waals surface area contributed by atoms with Crippen LogP contribution in [0.2, 0.25) is 0 Å². The van der Waals surface area contributed by atoms with Gasteiger partial charge in [-0.1, -0.05) is 11.8 Å². The standard InChI is InChI=1S/C18H20FN5OS2/c1-5-24-15(13-6-8-14(19)9-7-13)22-23-18(24)27-12(4)16(25)21-17-20-10(2)11(3)26-17/h6-9,12H,5H2,1-4H3,(H,20,21,25)/t12-/m0/s1. The number of anilines is 1. The third kappa shape index (κ3) is 4.36. The van der Waals surface area contributed by atoms with Crippen LogP contribution in [0.1, 0.15) is 24.4 Å². The number of aryl methyl sites for hydroxylation is 2. The number of carbonyl (C=O) groups excluding carboxylic acids is 1. The summed E-state index contributed by atoms with van der Waals surface area (Å²) in [6, 6.07) is 6.13. The number of thiazole rings is 1. The van der Waals surface area contributed by atoms with E-state index in [4.69, 9.17) is 0 Å². The zero-order chi connectivity index (χ0) is 19.6. The monoisotopic (exact) mass is 405 g/mol. The Hall–Kier alpha value is -2.26. The largest absolute Gasteiger partial charge is 0.302 e. The van der Waals surface area contributed by atoms with Crippen molar-refractivity contribution in [3.8, 4) is 11.4 Å². The third-order valence-corrected chi connectivity index (χ3v) is 6.11. The Balaban J connectivity index is 1.74. The fourth-order valence-corrected chi connectivity index (χ4v) is 4.15. The van der Waals surface area contributed by atoms with Gasteiger partial charge in [0.2, 0.25) is 5.91 Å². The molecule has 0 saturated carbocycles. The molecule has 0 aliphatic carbocycles. The summed E-state index contributed by atoms with van der Waals surface area (Å²) in [5, 5.41) is 12.2. The van der Waals surface area contributed by atoms with Crippen LogP contribution in [0.25, 0.3) is 11.4 Å². The highest BCUT2D eigenvalue weighted by atomic mass is 32.2. The molecule has 3 aromatic rings. The van der Waals surface area contributed by atoms with E-state index in [0.29, 0.717) is 22.7 Å². The number of nitrogens with zero attached hydrogens (tertiary/aromatic N) is 4. The Labute approximate surface area is 165 Å². The van der Waals surface area contributed by atoms with E-state index in [2.05, 4.69) is 20.5 Å². The lowest BCUT2D eigenvalue weighted by atomic mass is 10.2. The molecule has 0 saturated heterocycles. The molecule has 1 amide bonds. The number of amides is 1. The van der Waals surface area contributed by atoms with Crippen molar-refractivity contribution in [3.63, 3.8) is 0 Å². The molecule has 0 aliphatic rings. The molecule has 9 heteroatoms. The lowest BCUT2D eigenvalue weighted by molar-refractivity contribution is -0.115. The highest BCUT2D eigenvalue weighted by Crippen LogP contribution is 2.28. The Kier molecular flexibility index (Phi) is 5.91. The Bertz CT molecular complexity index is 932. The normalized spacial score (nSPS) is 12.2. The SMILES string of the molecule is CCn1c(S[C@@H](C)C(=O)Nc2nc(C)c(C)s2)nnc1-c1ccc(F)cc1. The Morgan fingerprint density at radius 3 is 2.59 bits per heavy atom. The second kappa shape index (κ2) is 8.18. The molecule has 0 aliphatic heterocycles. The molecule has 142 valence electrons. The van der Waals surface area contributed by atoms with Crippen molar-refractivity contribution in [2.45, 2.75) is 44.6 Å². The van der Waals surface area contributed by atoms with Crippen molar-refractivity contribution in [1.82, 2.24) is 19.7 Å². The molecule has 0 bridgehead atoms. The summed E-state index contributed by atoms with van der Waals surface area (Å²) in [5.74, 6) is 0.218. The molecular formula is C18H20FN5OS2. The first-order valence-electron chi connectivity index (χ1n) is 8.49. The highest BCUT2D eigenvalue weighted by Gasteiger charge is 2.21. The van der Waals surface area contributed by atoms with Gasteiger partial charge in [0.05, 0.1) is 10.9 Å². The molecule has 0 unspecified atom stereocenters. The van der Waals surface area contributed by atoms with Gasteiger partial charge in [-0.05, 0) is 52.0 Å². The van der Waals surface area contributed by atoms with E-state index in [-0.39, 0.29) is 17.0 Å². The van der Waals surface area contributed by atoms with Gasteiger partial charge in [-0.15, -0.1) is 21.5 Å². The van der Waals surface area contributed by atoms with Gasteiger partial charge in [-0.2, -0.15) is 0 Å². The predicted octanol–water partition coefficient (Wildman–Crippen LogP) is 4.30. The van der Waals surface area contributed by atoms with Crippen molar-refractivity contribution >= 4 is 34.1 Å². The van der Waals surface area contributed by atoms with Crippen molar-refractivity contribution in [2.24, 2.45) is 0 Å². The van der Waals surface area contributed by atoms with Gasteiger partial charge in [0.1, 0.15) is 5.82 Å². The number of aromatic nitrogens is 4. The second-order valence-corrected chi connectivity index (χ2v) is 8.48. The molecule has 6 nitrogen and oxygen atoms in total. The molecular weight excluding hydrogens is 385 g/mol. The number of hydrogen-bond donors (Lipinski definition) is 1. The van der Waals surface area contributed by atoms with Gasteiger partial charge in [0.25, 0.3) is 0 Å². The van der Waals surface area contributed by atoms with Crippen LogP contribution in [0.4, 0.5) is 9.52 Å². The number of nitrogens with one attached hydrogen (secondary N) is 1. The highest BCUT2D eigenvalue weighted by molar-refractivity contribution is 8.00. The summed E-state index contributed by atoms with van der Waals surface area (Å²) in [5.41, 5.74) is 1.70. The first-order chi connectivity index (χ1) is 12.9. The minimum atomic E-state index is -0.370. The second-order valence-electron chi connectivity index (χ2n) is 5.97. The van der Waals surface area contributed by atoms with Gasteiger partial charge in [0.15, 0.2) is 16.1 Å². The van der Waals surface area contributed by atoms with Crippen molar-refractivity contribution in [1.29, 1.82) is 0 Å². The van der Waals surface area contributed by atoms with Crippen LogP contribution in [0.15, 0.2) is 29.4 Å². The third-order valence-electron chi connectivity index (χ3n) is 4.05. The zero-order valence-electron chi connectivity index (χ0n) is 15.5. The summed E-state index contributed by atoms with van der Waals surface area (Å²) in [7, 11) is 0. The fourth-order valence-electron chi connectivity index (χ4n) is 2.42. The maximum absolute atomic E-state index is 13.2. The molecule has 3 rings (SSSR count). The Morgan fingerprint density at radius 2 is 2.00 bits per heavy atom. The lowest BCUT2D eigenvalue weighted by Crippen LogP contribution is -2.22. The molecule has 0 fully saturated rings. The van der Waals surface area contributed by atoms with E-state index in [1.165, 1.54) is 35.2 Å². The number of benzene rings is 1. The smallest absolute Gasteiger partial charge is 0.239 e. The van der Waals surface area contributed by atoms with Crippen LogP contribution >= 0.6 is 23.1 Å². The molecule has 0 radical (unpaired) electrons. The summed E-state index contributed by atoms with van der Waals surface area (Å²) >= 11 is 2.79. The van der Waals surface area contributed by atoms with E-state index in [1.54, 1.807) is 12.1 Å². The average Bonchev–Trinajstić information content (AvgIpc) is 3.18. The summed E-state index contributed by atoms with van der Waals surface area (Å²) in [6.45, 7) is 8.33. The number of carbonyl (C=O) groups is 1. The molecule has 2 aromatic heterocycles. The van der Waals surface area contributed by atoms with Gasteiger partial charge in [0, 0.05) is 17.0 Å². The van der Waals surface area contributed by atoms with Crippen LogP contribution < -0.4 is 5.32 Å². The first-order valence-corrected chi connectivity index (χ1v) is 10.2. The molecule has 1 aromatic carbocycles. The van der Waals surface area contributed by atoms with Gasteiger partial charge in [-0.3, -0.25) is 4.79 Å². The van der Waals surface area contributed by atoms with Crippen molar-refractivity contribution < 1.29 is 9.18 Å². The fraction of sp³-hybridized carbons (Fsp3) is 0.333. The van der Waals surface area contributed by atoms with E-state index in [0.717, 1.165) is 16.1 Å². The lowest BCUT2D eigenvalue weighted by Gasteiger charge is -2.11. The minimum Gasteiger partial charge on any atom is -0.302 e. The van der Waals surface area contributed by atoms with Gasteiger partial charge < -0.3 is 9.88 Å². The number of thioether (sulfide) groups is 1. The zero-order valence-corrected chi connectivity index (χ0v) is 17.1. The maximum Gasteiger partial charge on any atom is 0.239 e. The van der Waals surface area contributed by atoms with E-state index in [1.807, 2.05) is 32.3 Å². The summed E-state index contributed by atoms with van der Waals surface area (Å²) in [4.78, 5) is 17.9. The molecule has 1 atom stereocenters. The first kappa shape index (κ1) is 19.5. The average molecular weight is 406 g/mol. The van der Waals surface area contributed by atoms with Gasteiger partial charge in [-0.25, -0.2) is 9.37 Å². The van der Waals surface area contributed by atoms with Gasteiger partial charge >= 0.3 is 0 Å². The van der Waals surface area contributed by atoms with E-state index < -0.39 is 0 Å². The van der Waals surface area contributed by atoms with E-state index >= 15 is 0 Å². The van der Waals surface area contributed by atoms with Crippen LogP contribution in [-0.2, 0) is 11.3 Å². The summed E-state index contributed by atoms with van der Waals surface area (Å²) in [6.07, 6.45) is 0. The maximum atomic E-state index is 13.2. The molecule has 0 spiro atoms. The number of hydrogen-bond acceptors (Lipinski definition) is 6.